The van der Waals surface area contributed by atoms with Gasteiger partial charge >= 0.3 is 5.97 Å². The zero-order valence-corrected chi connectivity index (χ0v) is 21.2. The molecule has 1 N–H and O–H groups in total. The molecule has 2 aliphatic rings. The number of carbonyl (C=O) groups excluding carboxylic acids is 4. The van der Waals surface area contributed by atoms with Gasteiger partial charge in [-0.25, -0.2) is 10.2 Å². The Balaban J connectivity index is 1.56. The smallest absolute Gasteiger partial charge is 0.333 e. The van der Waals surface area contributed by atoms with Gasteiger partial charge in [0.1, 0.15) is 5.75 Å². The molecule has 0 spiro atoms. The Morgan fingerprint density at radius 3 is 2.57 bits per heavy atom. The Labute approximate surface area is 210 Å². The Kier molecular flexibility index (Phi) is 8.76. The summed E-state index contributed by atoms with van der Waals surface area (Å²) >= 11 is 4.39. The summed E-state index contributed by atoms with van der Waals surface area (Å²) in [6, 6.07) is 5.65. The van der Waals surface area contributed by atoms with Crippen molar-refractivity contribution < 1.29 is 28.8 Å². The van der Waals surface area contributed by atoms with Crippen molar-refractivity contribution >= 4 is 47.7 Å². The standard InChI is InChI=1S/C24H32N4O6S/c1-24(2,35)15-20(29)26-25-18-6-4-12-27(3)19-14-16(8-9-17(18)19)33-13-5-7-23(32)34-28-21(30)10-11-22(28)31/h8-9,14,35H,4-7,10-13,15H2,1-3H3,(H,26,29)/b25-18+. The first-order valence-electron chi connectivity index (χ1n) is 11.7. The van der Waals surface area contributed by atoms with Gasteiger partial charge in [0.2, 0.25) is 5.91 Å². The van der Waals surface area contributed by atoms with Gasteiger partial charge in [0.15, 0.2) is 0 Å². The molecule has 0 saturated carbocycles. The summed E-state index contributed by atoms with van der Waals surface area (Å²) in [7, 11) is 1.99. The molecule has 0 aliphatic carbocycles. The lowest BCUT2D eigenvalue weighted by Gasteiger charge is -2.20. The molecule has 0 aromatic heterocycles. The van der Waals surface area contributed by atoms with E-state index in [4.69, 9.17) is 9.57 Å². The average molecular weight is 505 g/mol. The van der Waals surface area contributed by atoms with Crippen LogP contribution in [0.25, 0.3) is 0 Å². The van der Waals surface area contributed by atoms with Gasteiger partial charge in [-0.15, -0.1) is 5.06 Å². The molecule has 0 atom stereocenters. The van der Waals surface area contributed by atoms with Gasteiger partial charge < -0.3 is 14.5 Å². The predicted molar refractivity (Wildman–Crippen MR) is 133 cm³/mol. The lowest BCUT2D eigenvalue weighted by atomic mass is 10.1. The van der Waals surface area contributed by atoms with Gasteiger partial charge in [0, 0.05) is 54.9 Å². The van der Waals surface area contributed by atoms with E-state index in [2.05, 4.69) is 28.1 Å². The zero-order chi connectivity index (χ0) is 25.6. The van der Waals surface area contributed by atoms with Crippen LogP contribution in [0.15, 0.2) is 23.3 Å². The number of benzene rings is 1. The number of fused-ring (bicyclic) bond motifs is 1. The molecular weight excluding hydrogens is 472 g/mol. The summed E-state index contributed by atoms with van der Waals surface area (Å²) in [5.74, 6) is -1.20. The molecule has 11 heteroatoms. The Morgan fingerprint density at radius 2 is 1.89 bits per heavy atom. The second-order valence-corrected chi connectivity index (χ2v) is 10.5. The van der Waals surface area contributed by atoms with Crippen LogP contribution in [0.5, 0.6) is 5.75 Å². The van der Waals surface area contributed by atoms with Crippen molar-refractivity contribution in [2.24, 2.45) is 5.10 Å². The Hall–Kier alpha value is -3.08. The number of nitrogens with zero attached hydrogens (tertiary/aromatic N) is 3. The first-order valence-corrected chi connectivity index (χ1v) is 12.1. The lowest BCUT2D eigenvalue weighted by molar-refractivity contribution is -0.197. The minimum Gasteiger partial charge on any atom is -0.494 e. The van der Waals surface area contributed by atoms with Crippen LogP contribution in [0.1, 0.15) is 64.4 Å². The van der Waals surface area contributed by atoms with E-state index in [1.54, 1.807) is 0 Å². The molecule has 1 aromatic carbocycles. The van der Waals surface area contributed by atoms with Crippen LogP contribution in [0.4, 0.5) is 5.69 Å². The highest BCUT2D eigenvalue weighted by Crippen LogP contribution is 2.30. The van der Waals surface area contributed by atoms with Crippen LogP contribution in [0, 0.1) is 0 Å². The quantitative estimate of drug-likeness (QED) is 0.230. The topological polar surface area (TPSA) is 118 Å². The van der Waals surface area contributed by atoms with Crippen LogP contribution >= 0.6 is 12.6 Å². The maximum atomic E-state index is 12.2. The predicted octanol–water partition coefficient (Wildman–Crippen LogP) is 2.60. The fourth-order valence-electron chi connectivity index (χ4n) is 3.79. The summed E-state index contributed by atoms with van der Waals surface area (Å²) < 4.78 is 5.39. The largest absolute Gasteiger partial charge is 0.494 e. The Bertz CT molecular complexity index is 1000. The second-order valence-electron chi connectivity index (χ2n) is 9.28. The molecular formula is C24H32N4O6S. The summed E-state index contributed by atoms with van der Waals surface area (Å²) in [6.07, 6.45) is 2.38. The van der Waals surface area contributed by atoms with Gasteiger partial charge in [0.25, 0.3) is 11.8 Å². The van der Waals surface area contributed by atoms with Crippen molar-refractivity contribution in [3.8, 4) is 5.75 Å². The van der Waals surface area contributed by atoms with E-state index in [0.29, 0.717) is 17.2 Å². The van der Waals surface area contributed by atoms with Crippen molar-refractivity contribution in [2.45, 2.75) is 63.5 Å². The summed E-state index contributed by atoms with van der Waals surface area (Å²) in [5, 5.41) is 4.94. The van der Waals surface area contributed by atoms with Crippen molar-refractivity contribution in [3.05, 3.63) is 23.8 Å². The SMILES string of the molecule is CN1CCC/C(=N\NC(=O)CC(C)(C)S)c2ccc(OCCCC(=O)ON3C(=O)CCC3=O)cc21. The number of carbonyl (C=O) groups is 4. The number of amides is 3. The van der Waals surface area contributed by atoms with E-state index in [1.165, 1.54) is 0 Å². The van der Waals surface area contributed by atoms with E-state index in [0.717, 1.165) is 36.3 Å². The molecule has 1 saturated heterocycles. The fraction of sp³-hybridized carbons (Fsp3) is 0.542. The Morgan fingerprint density at radius 1 is 1.17 bits per heavy atom. The van der Waals surface area contributed by atoms with Crippen LogP contribution in [-0.4, -0.2) is 59.4 Å². The number of hydrogen-bond acceptors (Lipinski definition) is 9. The lowest BCUT2D eigenvalue weighted by Crippen LogP contribution is -2.32. The fourth-order valence-corrected chi connectivity index (χ4v) is 3.93. The van der Waals surface area contributed by atoms with E-state index < -0.39 is 22.5 Å². The minimum absolute atomic E-state index is 0.0154. The van der Waals surface area contributed by atoms with E-state index in [-0.39, 0.29) is 38.2 Å². The number of anilines is 1. The normalized spacial score (nSPS) is 17.3. The first kappa shape index (κ1) is 26.5. The molecule has 10 nitrogen and oxygen atoms in total. The summed E-state index contributed by atoms with van der Waals surface area (Å²) in [4.78, 5) is 54.1. The molecule has 35 heavy (non-hydrogen) atoms. The molecule has 190 valence electrons. The highest BCUT2D eigenvalue weighted by atomic mass is 32.1. The van der Waals surface area contributed by atoms with Gasteiger partial charge in [-0.05, 0) is 31.4 Å². The van der Waals surface area contributed by atoms with E-state index in [1.807, 2.05) is 39.1 Å². The highest BCUT2D eigenvalue weighted by Gasteiger charge is 2.32. The van der Waals surface area contributed by atoms with Crippen LogP contribution < -0.4 is 15.1 Å². The molecule has 0 unspecified atom stereocenters. The molecule has 3 rings (SSSR count). The number of hydrazone groups is 1. The zero-order valence-electron chi connectivity index (χ0n) is 20.3. The van der Waals surface area contributed by atoms with Crippen molar-refractivity contribution in [1.29, 1.82) is 0 Å². The minimum atomic E-state index is -0.650. The van der Waals surface area contributed by atoms with Crippen molar-refractivity contribution in [2.75, 3.05) is 25.1 Å². The molecule has 0 bridgehead atoms. The molecule has 2 aliphatic heterocycles. The molecule has 2 heterocycles. The van der Waals surface area contributed by atoms with Gasteiger partial charge in [0.05, 0.1) is 18.7 Å². The van der Waals surface area contributed by atoms with Gasteiger partial charge in [-0.1, -0.05) is 13.8 Å². The number of rotatable bonds is 9. The third-order valence-corrected chi connectivity index (χ3v) is 5.66. The first-order chi connectivity index (χ1) is 16.5. The average Bonchev–Trinajstić information content (AvgIpc) is 3.00. The number of imide groups is 1. The number of nitrogens with one attached hydrogen (secondary N) is 1. The van der Waals surface area contributed by atoms with Gasteiger partial charge in [-0.2, -0.15) is 17.7 Å². The van der Waals surface area contributed by atoms with E-state index in [9.17, 15) is 19.2 Å². The molecule has 0 radical (unpaired) electrons. The monoisotopic (exact) mass is 504 g/mol. The van der Waals surface area contributed by atoms with E-state index >= 15 is 0 Å². The molecule has 1 fully saturated rings. The second kappa shape index (κ2) is 11.6. The summed E-state index contributed by atoms with van der Waals surface area (Å²) in [5.41, 5.74) is 5.31. The number of ether oxygens (including phenoxy) is 1. The number of hydrogen-bond donors (Lipinski definition) is 2. The maximum absolute atomic E-state index is 12.2. The molecule has 3 amide bonds. The number of thiol groups is 1. The third-order valence-electron chi connectivity index (χ3n) is 5.50. The van der Waals surface area contributed by atoms with Crippen LogP contribution in [0.3, 0.4) is 0 Å². The van der Waals surface area contributed by atoms with Crippen LogP contribution in [-0.2, 0) is 24.0 Å². The van der Waals surface area contributed by atoms with Crippen molar-refractivity contribution in [3.63, 3.8) is 0 Å². The van der Waals surface area contributed by atoms with Crippen molar-refractivity contribution in [1.82, 2.24) is 10.5 Å². The molecule has 1 aromatic rings. The maximum Gasteiger partial charge on any atom is 0.333 e. The van der Waals surface area contributed by atoms with Crippen LogP contribution in [0.2, 0.25) is 0 Å². The summed E-state index contributed by atoms with van der Waals surface area (Å²) in [6.45, 7) is 4.83. The third kappa shape index (κ3) is 7.71. The number of hydroxylamine groups is 2. The van der Waals surface area contributed by atoms with Gasteiger partial charge in [-0.3, -0.25) is 14.4 Å². The highest BCUT2D eigenvalue weighted by molar-refractivity contribution is 7.81.